The van der Waals surface area contributed by atoms with Crippen LogP contribution in [0.15, 0.2) is 18.2 Å². The van der Waals surface area contributed by atoms with Gasteiger partial charge in [0.25, 0.3) is 0 Å². The Morgan fingerprint density at radius 1 is 1.22 bits per heavy atom. The molecule has 18 heavy (non-hydrogen) atoms. The van der Waals surface area contributed by atoms with E-state index in [-0.39, 0.29) is 5.41 Å². The molecule has 0 aliphatic heterocycles. The molecule has 0 radical (unpaired) electrons. The van der Waals surface area contributed by atoms with E-state index in [0.717, 1.165) is 36.7 Å². The molecule has 4 heteroatoms. The van der Waals surface area contributed by atoms with Gasteiger partial charge < -0.3 is 10.1 Å². The van der Waals surface area contributed by atoms with Gasteiger partial charge in [0, 0.05) is 23.7 Å². The summed E-state index contributed by atoms with van der Waals surface area (Å²) in [5.74, 6) is 0. The molecule has 1 N–H and O–H groups in total. The highest BCUT2D eigenvalue weighted by molar-refractivity contribution is 6.35. The van der Waals surface area contributed by atoms with Gasteiger partial charge in [-0.15, -0.1) is 0 Å². The lowest BCUT2D eigenvalue weighted by Gasteiger charge is -2.26. The number of ether oxygens (including phenoxy) is 1. The highest BCUT2D eigenvalue weighted by Gasteiger charge is 2.22. The van der Waals surface area contributed by atoms with Crippen molar-refractivity contribution < 1.29 is 4.74 Å². The predicted molar refractivity (Wildman–Crippen MR) is 78.9 cm³/mol. The first-order chi connectivity index (χ1) is 8.47. The van der Waals surface area contributed by atoms with Crippen molar-refractivity contribution in [3.8, 4) is 0 Å². The van der Waals surface area contributed by atoms with Gasteiger partial charge >= 0.3 is 0 Å². The largest absolute Gasteiger partial charge is 0.383 e. The molecular formula is C14H21Cl2NO. The summed E-state index contributed by atoms with van der Waals surface area (Å²) in [6, 6.07) is 5.71. The summed E-state index contributed by atoms with van der Waals surface area (Å²) in [4.78, 5) is 0. The van der Waals surface area contributed by atoms with Crippen molar-refractivity contribution in [2.24, 2.45) is 0 Å². The van der Waals surface area contributed by atoms with E-state index in [9.17, 15) is 0 Å². The quantitative estimate of drug-likeness (QED) is 0.769. The minimum atomic E-state index is 0.0295. The number of halogens is 2. The zero-order chi connectivity index (χ0) is 13.6. The van der Waals surface area contributed by atoms with Gasteiger partial charge in [-0.2, -0.15) is 0 Å². The van der Waals surface area contributed by atoms with E-state index in [1.165, 1.54) is 0 Å². The predicted octanol–water partition coefficient (Wildman–Crippen LogP) is 3.90. The van der Waals surface area contributed by atoms with Crippen LogP contribution in [0.5, 0.6) is 0 Å². The lowest BCUT2D eigenvalue weighted by atomic mass is 9.81. The van der Waals surface area contributed by atoms with Crippen molar-refractivity contribution in [2.75, 3.05) is 26.8 Å². The summed E-state index contributed by atoms with van der Waals surface area (Å²) < 4.78 is 4.99. The Morgan fingerprint density at radius 3 is 2.56 bits per heavy atom. The van der Waals surface area contributed by atoms with Gasteiger partial charge in [0.05, 0.1) is 6.61 Å². The maximum atomic E-state index is 6.25. The minimum absolute atomic E-state index is 0.0295. The van der Waals surface area contributed by atoms with Crippen molar-refractivity contribution in [1.29, 1.82) is 0 Å². The average Bonchev–Trinajstić information content (AvgIpc) is 2.28. The molecule has 0 unspecified atom stereocenters. The first kappa shape index (κ1) is 15.8. The second kappa shape index (κ2) is 7.34. The Hall–Kier alpha value is -0.280. The average molecular weight is 290 g/mol. The van der Waals surface area contributed by atoms with Crippen LogP contribution in [0, 0.1) is 0 Å². The third-order valence-electron chi connectivity index (χ3n) is 3.07. The standard InChI is InChI=1S/C14H21Cl2NO/c1-14(2,6-7-17-8-9-18-3)12-5-4-11(15)10-13(12)16/h4-5,10,17H,6-9H2,1-3H3. The van der Waals surface area contributed by atoms with Crippen LogP contribution < -0.4 is 5.32 Å². The van der Waals surface area contributed by atoms with E-state index < -0.39 is 0 Å². The highest BCUT2D eigenvalue weighted by atomic mass is 35.5. The van der Waals surface area contributed by atoms with Crippen LogP contribution in [0.1, 0.15) is 25.8 Å². The Bertz CT molecular complexity index is 380. The first-order valence-electron chi connectivity index (χ1n) is 6.12. The molecule has 0 atom stereocenters. The molecular weight excluding hydrogens is 269 g/mol. The third kappa shape index (κ3) is 4.77. The fourth-order valence-electron chi connectivity index (χ4n) is 1.87. The molecule has 1 aromatic carbocycles. The number of methoxy groups -OCH3 is 1. The Morgan fingerprint density at radius 2 is 1.94 bits per heavy atom. The van der Waals surface area contributed by atoms with Crippen molar-refractivity contribution in [3.05, 3.63) is 33.8 Å². The fourth-order valence-corrected chi connectivity index (χ4v) is 2.54. The zero-order valence-electron chi connectivity index (χ0n) is 11.2. The van der Waals surface area contributed by atoms with Gasteiger partial charge in [-0.25, -0.2) is 0 Å². The smallest absolute Gasteiger partial charge is 0.0587 e. The lowest BCUT2D eigenvalue weighted by molar-refractivity contribution is 0.198. The monoisotopic (exact) mass is 289 g/mol. The molecule has 0 heterocycles. The second-order valence-corrected chi connectivity index (χ2v) is 5.84. The molecule has 0 aromatic heterocycles. The fraction of sp³-hybridized carbons (Fsp3) is 0.571. The molecule has 0 amide bonds. The maximum absolute atomic E-state index is 6.25. The van der Waals surface area contributed by atoms with Gasteiger partial charge in [0.15, 0.2) is 0 Å². The summed E-state index contributed by atoms with van der Waals surface area (Å²) in [5, 5.41) is 4.77. The van der Waals surface area contributed by atoms with Crippen molar-refractivity contribution >= 4 is 23.2 Å². The summed E-state index contributed by atoms with van der Waals surface area (Å²) >= 11 is 12.2. The van der Waals surface area contributed by atoms with E-state index in [2.05, 4.69) is 19.2 Å². The minimum Gasteiger partial charge on any atom is -0.383 e. The molecule has 0 saturated heterocycles. The lowest BCUT2D eigenvalue weighted by Crippen LogP contribution is -2.27. The van der Waals surface area contributed by atoms with E-state index in [1.54, 1.807) is 13.2 Å². The van der Waals surface area contributed by atoms with E-state index in [4.69, 9.17) is 27.9 Å². The Labute approximate surface area is 120 Å². The molecule has 2 nitrogen and oxygen atoms in total. The van der Waals surface area contributed by atoms with E-state index >= 15 is 0 Å². The van der Waals surface area contributed by atoms with Crippen LogP contribution in [0.3, 0.4) is 0 Å². The van der Waals surface area contributed by atoms with Gasteiger partial charge in [-0.05, 0) is 36.1 Å². The maximum Gasteiger partial charge on any atom is 0.0587 e. The van der Waals surface area contributed by atoms with Crippen molar-refractivity contribution in [2.45, 2.75) is 25.7 Å². The van der Waals surface area contributed by atoms with Gasteiger partial charge in [-0.1, -0.05) is 43.1 Å². The number of benzene rings is 1. The molecule has 0 spiro atoms. The molecule has 1 rings (SSSR count). The van der Waals surface area contributed by atoms with Gasteiger partial charge in [0.2, 0.25) is 0 Å². The Kier molecular flexibility index (Phi) is 6.44. The zero-order valence-corrected chi connectivity index (χ0v) is 12.7. The number of hydrogen-bond acceptors (Lipinski definition) is 2. The summed E-state index contributed by atoms with van der Waals surface area (Å²) in [6.45, 7) is 6.94. The second-order valence-electron chi connectivity index (χ2n) is 5.00. The van der Waals surface area contributed by atoms with E-state index in [1.807, 2.05) is 12.1 Å². The van der Waals surface area contributed by atoms with Crippen LogP contribution in [0.2, 0.25) is 10.0 Å². The number of nitrogens with one attached hydrogen (secondary N) is 1. The summed E-state index contributed by atoms with van der Waals surface area (Å²) in [5.41, 5.74) is 1.17. The molecule has 0 aliphatic carbocycles. The van der Waals surface area contributed by atoms with Gasteiger partial charge in [-0.3, -0.25) is 0 Å². The third-order valence-corrected chi connectivity index (χ3v) is 3.62. The van der Waals surface area contributed by atoms with E-state index in [0.29, 0.717) is 5.02 Å². The summed E-state index contributed by atoms with van der Waals surface area (Å²) in [7, 11) is 1.71. The van der Waals surface area contributed by atoms with Crippen molar-refractivity contribution in [3.63, 3.8) is 0 Å². The molecule has 0 bridgehead atoms. The number of hydrogen-bond donors (Lipinski definition) is 1. The van der Waals surface area contributed by atoms with Crippen LogP contribution in [-0.4, -0.2) is 26.8 Å². The first-order valence-corrected chi connectivity index (χ1v) is 6.88. The summed E-state index contributed by atoms with van der Waals surface area (Å²) in [6.07, 6.45) is 1.01. The van der Waals surface area contributed by atoms with Crippen LogP contribution in [-0.2, 0) is 10.2 Å². The highest BCUT2D eigenvalue weighted by Crippen LogP contribution is 2.33. The van der Waals surface area contributed by atoms with Gasteiger partial charge in [0.1, 0.15) is 0 Å². The number of rotatable bonds is 7. The van der Waals surface area contributed by atoms with Crippen LogP contribution >= 0.6 is 23.2 Å². The van der Waals surface area contributed by atoms with Crippen molar-refractivity contribution in [1.82, 2.24) is 5.32 Å². The molecule has 0 saturated carbocycles. The Balaban J connectivity index is 2.56. The van der Waals surface area contributed by atoms with Crippen LogP contribution in [0.4, 0.5) is 0 Å². The molecule has 102 valence electrons. The topological polar surface area (TPSA) is 21.3 Å². The molecule has 0 aliphatic rings. The van der Waals surface area contributed by atoms with Crippen LogP contribution in [0.25, 0.3) is 0 Å². The molecule has 0 fully saturated rings. The molecule has 1 aromatic rings. The SMILES string of the molecule is COCCNCCC(C)(C)c1ccc(Cl)cc1Cl. The normalized spacial score (nSPS) is 11.8.